The van der Waals surface area contributed by atoms with Gasteiger partial charge in [-0.3, -0.25) is 9.59 Å². The zero-order chi connectivity index (χ0) is 18.2. The molecule has 154 valence electrons. The second kappa shape index (κ2) is 12.7. The first-order chi connectivity index (χ1) is 12.0. The Morgan fingerprint density at radius 2 is 1.74 bits per heavy atom. The summed E-state index contributed by atoms with van der Waals surface area (Å²) in [5, 5.41) is 2.75. The van der Waals surface area contributed by atoms with Crippen LogP contribution in [0.1, 0.15) is 26.7 Å². The van der Waals surface area contributed by atoms with E-state index in [1.165, 1.54) is 0 Å². The van der Waals surface area contributed by atoms with Gasteiger partial charge in [0.2, 0.25) is 17.8 Å². The fourth-order valence-corrected chi connectivity index (χ4v) is 2.81. The van der Waals surface area contributed by atoms with Crippen molar-refractivity contribution in [1.82, 2.24) is 20.2 Å². The molecule has 8 nitrogen and oxygen atoms in total. The number of nitrogens with zero attached hydrogens (tertiary/aromatic N) is 4. The van der Waals surface area contributed by atoms with Crippen LogP contribution in [0.15, 0.2) is 18.5 Å². The minimum atomic E-state index is -0.510. The number of anilines is 1. The number of carbonyl (C=O) groups excluding carboxylic acids is 2. The summed E-state index contributed by atoms with van der Waals surface area (Å²) in [6.45, 7) is 7.07. The van der Waals surface area contributed by atoms with Crippen LogP contribution in [0.3, 0.4) is 0 Å². The highest BCUT2D eigenvalue weighted by molar-refractivity contribution is 5.85. The number of carbonyl (C=O) groups is 2. The molecule has 1 saturated heterocycles. The van der Waals surface area contributed by atoms with Crippen LogP contribution in [0.5, 0.6) is 0 Å². The largest absolute Gasteiger partial charge is 0.354 e. The van der Waals surface area contributed by atoms with Crippen LogP contribution in [0.25, 0.3) is 0 Å². The summed E-state index contributed by atoms with van der Waals surface area (Å²) in [5.41, 5.74) is 5.82. The van der Waals surface area contributed by atoms with Gasteiger partial charge in [0.1, 0.15) is 0 Å². The van der Waals surface area contributed by atoms with E-state index in [-0.39, 0.29) is 36.6 Å². The van der Waals surface area contributed by atoms with Gasteiger partial charge in [-0.2, -0.15) is 0 Å². The van der Waals surface area contributed by atoms with Gasteiger partial charge in [-0.1, -0.05) is 13.8 Å². The minimum Gasteiger partial charge on any atom is -0.354 e. The average molecular weight is 421 g/mol. The first-order valence-corrected chi connectivity index (χ1v) is 8.80. The molecule has 1 aromatic heterocycles. The second-order valence-corrected chi connectivity index (χ2v) is 6.69. The van der Waals surface area contributed by atoms with Crippen molar-refractivity contribution in [2.45, 2.75) is 32.7 Å². The van der Waals surface area contributed by atoms with Crippen LogP contribution >= 0.6 is 24.8 Å². The van der Waals surface area contributed by atoms with Gasteiger partial charge in [0.05, 0.1) is 6.04 Å². The molecule has 2 amide bonds. The molecular formula is C17H30Cl2N6O2. The topological polar surface area (TPSA) is 104 Å². The Morgan fingerprint density at radius 3 is 2.30 bits per heavy atom. The Kier molecular flexibility index (Phi) is 11.9. The Morgan fingerprint density at radius 1 is 1.15 bits per heavy atom. The standard InChI is InChI=1S/C17H28N6O2.2ClH/c1-13(2)12-14(18)16(25)19-7-4-15(24)22-8-10-23(11-9-22)17-20-5-3-6-21-17;;/h3,5-6,13-14H,4,7-12,18H2,1-2H3,(H,19,25);2*1H/t14-;;/m0../s1. The maximum Gasteiger partial charge on any atom is 0.236 e. The molecule has 1 aliphatic heterocycles. The SMILES string of the molecule is CC(C)C[C@H](N)C(=O)NCCC(=O)N1CCN(c2ncccn2)CC1.Cl.Cl. The minimum absolute atomic E-state index is 0. The summed E-state index contributed by atoms with van der Waals surface area (Å²) in [7, 11) is 0. The maximum absolute atomic E-state index is 12.3. The summed E-state index contributed by atoms with van der Waals surface area (Å²) in [4.78, 5) is 36.5. The molecule has 10 heteroatoms. The molecule has 3 N–H and O–H groups in total. The lowest BCUT2D eigenvalue weighted by Gasteiger charge is -2.34. The summed E-state index contributed by atoms with van der Waals surface area (Å²) >= 11 is 0. The zero-order valence-electron chi connectivity index (χ0n) is 15.8. The molecule has 27 heavy (non-hydrogen) atoms. The molecule has 1 aliphatic rings. The van der Waals surface area contributed by atoms with E-state index in [0.717, 1.165) is 0 Å². The van der Waals surface area contributed by atoms with Crippen LogP contribution < -0.4 is 16.0 Å². The van der Waals surface area contributed by atoms with Crippen LogP contribution in [0.2, 0.25) is 0 Å². The van der Waals surface area contributed by atoms with E-state index < -0.39 is 6.04 Å². The molecule has 0 bridgehead atoms. The van der Waals surface area contributed by atoms with Crippen molar-refractivity contribution >= 4 is 42.6 Å². The highest BCUT2D eigenvalue weighted by atomic mass is 35.5. The van der Waals surface area contributed by atoms with Crippen LogP contribution in [0.4, 0.5) is 5.95 Å². The van der Waals surface area contributed by atoms with Crippen molar-refractivity contribution in [2.75, 3.05) is 37.6 Å². The monoisotopic (exact) mass is 420 g/mol. The van der Waals surface area contributed by atoms with Crippen LogP contribution in [-0.4, -0.2) is 65.4 Å². The lowest BCUT2D eigenvalue weighted by Crippen LogP contribution is -2.50. The molecule has 0 unspecified atom stereocenters. The summed E-state index contributed by atoms with van der Waals surface area (Å²) in [6.07, 6.45) is 4.37. The van der Waals surface area contributed by atoms with Crippen molar-refractivity contribution in [1.29, 1.82) is 0 Å². The number of rotatable bonds is 7. The number of aromatic nitrogens is 2. The van der Waals surface area contributed by atoms with E-state index in [4.69, 9.17) is 5.73 Å². The number of nitrogens with two attached hydrogens (primary N) is 1. The molecule has 0 aliphatic carbocycles. The van der Waals surface area contributed by atoms with Crippen molar-refractivity contribution in [3.63, 3.8) is 0 Å². The number of hydrogen-bond acceptors (Lipinski definition) is 6. The summed E-state index contributed by atoms with van der Waals surface area (Å²) in [6, 6.07) is 1.27. The molecular weight excluding hydrogens is 391 g/mol. The first-order valence-electron chi connectivity index (χ1n) is 8.80. The normalized spacial score (nSPS) is 14.8. The van der Waals surface area contributed by atoms with E-state index in [0.29, 0.717) is 57.4 Å². The Bertz CT molecular complexity index is 568. The third kappa shape index (κ3) is 8.28. The fourth-order valence-electron chi connectivity index (χ4n) is 2.81. The highest BCUT2D eigenvalue weighted by Gasteiger charge is 2.22. The third-order valence-electron chi connectivity index (χ3n) is 4.17. The summed E-state index contributed by atoms with van der Waals surface area (Å²) in [5.74, 6) is 0.923. The molecule has 2 heterocycles. The zero-order valence-corrected chi connectivity index (χ0v) is 17.5. The number of halogens is 2. The summed E-state index contributed by atoms with van der Waals surface area (Å²) < 4.78 is 0. The molecule has 0 aromatic carbocycles. The van der Waals surface area contributed by atoms with E-state index in [1.54, 1.807) is 18.5 Å². The molecule has 1 aromatic rings. The van der Waals surface area contributed by atoms with Gasteiger partial charge in [0.15, 0.2) is 0 Å². The van der Waals surface area contributed by atoms with Crippen molar-refractivity contribution in [3.8, 4) is 0 Å². The molecule has 0 saturated carbocycles. The number of nitrogens with one attached hydrogen (secondary N) is 1. The van der Waals surface area contributed by atoms with Crippen molar-refractivity contribution < 1.29 is 9.59 Å². The highest BCUT2D eigenvalue weighted by Crippen LogP contribution is 2.10. The Hall–Kier alpha value is -1.64. The Balaban J connectivity index is 0.00000338. The van der Waals surface area contributed by atoms with Crippen LogP contribution in [-0.2, 0) is 9.59 Å². The lowest BCUT2D eigenvalue weighted by molar-refractivity contribution is -0.131. The molecule has 1 atom stereocenters. The Labute approximate surface area is 173 Å². The van der Waals surface area contributed by atoms with E-state index in [1.807, 2.05) is 18.7 Å². The number of hydrogen-bond donors (Lipinski definition) is 2. The lowest BCUT2D eigenvalue weighted by atomic mass is 10.0. The molecule has 2 rings (SSSR count). The van der Waals surface area contributed by atoms with Gasteiger partial charge in [0, 0.05) is 51.5 Å². The van der Waals surface area contributed by atoms with E-state index >= 15 is 0 Å². The van der Waals surface area contributed by atoms with E-state index in [9.17, 15) is 9.59 Å². The number of piperazine rings is 1. The van der Waals surface area contributed by atoms with E-state index in [2.05, 4.69) is 20.2 Å². The van der Waals surface area contributed by atoms with Gasteiger partial charge in [-0.25, -0.2) is 9.97 Å². The second-order valence-electron chi connectivity index (χ2n) is 6.69. The first kappa shape index (κ1) is 25.4. The average Bonchev–Trinajstić information content (AvgIpc) is 2.61. The quantitative estimate of drug-likeness (QED) is 0.677. The fraction of sp³-hybridized carbons (Fsp3) is 0.647. The number of amides is 2. The van der Waals surface area contributed by atoms with Gasteiger partial charge < -0.3 is 20.9 Å². The third-order valence-corrected chi connectivity index (χ3v) is 4.17. The molecule has 0 radical (unpaired) electrons. The molecule has 1 fully saturated rings. The maximum atomic E-state index is 12.3. The predicted molar refractivity (Wildman–Crippen MR) is 110 cm³/mol. The van der Waals surface area contributed by atoms with Gasteiger partial charge in [-0.05, 0) is 18.4 Å². The van der Waals surface area contributed by atoms with Crippen LogP contribution in [0, 0.1) is 5.92 Å². The molecule has 0 spiro atoms. The van der Waals surface area contributed by atoms with Crippen molar-refractivity contribution in [3.05, 3.63) is 18.5 Å². The van der Waals surface area contributed by atoms with Crippen molar-refractivity contribution in [2.24, 2.45) is 11.7 Å². The van der Waals surface area contributed by atoms with Gasteiger partial charge >= 0.3 is 0 Å². The van der Waals surface area contributed by atoms with Gasteiger partial charge in [0.25, 0.3) is 0 Å². The smallest absolute Gasteiger partial charge is 0.236 e. The predicted octanol–water partition coefficient (Wildman–Crippen LogP) is 0.848. The van der Waals surface area contributed by atoms with Gasteiger partial charge in [-0.15, -0.1) is 24.8 Å².